The maximum absolute atomic E-state index is 13.3. The molecular formula is C37H57N5O4. The third-order valence-corrected chi connectivity index (χ3v) is 9.64. The Morgan fingerprint density at radius 1 is 1.02 bits per heavy atom. The van der Waals surface area contributed by atoms with Gasteiger partial charge >= 0.3 is 12.1 Å². The number of piperazine rings is 1. The summed E-state index contributed by atoms with van der Waals surface area (Å²) < 4.78 is 12.1. The van der Waals surface area contributed by atoms with Crippen LogP contribution in [0.4, 0.5) is 10.7 Å². The van der Waals surface area contributed by atoms with Crippen LogP contribution in [-0.4, -0.2) is 90.4 Å². The number of cyclic esters (lactones) is 1. The van der Waals surface area contributed by atoms with E-state index in [1.165, 1.54) is 38.5 Å². The summed E-state index contributed by atoms with van der Waals surface area (Å²) in [6.07, 6.45) is 22.7. The van der Waals surface area contributed by atoms with E-state index in [0.29, 0.717) is 18.4 Å². The summed E-state index contributed by atoms with van der Waals surface area (Å²) in [6, 6.07) is 2.60. The van der Waals surface area contributed by atoms with E-state index in [0.717, 1.165) is 63.1 Å². The fraction of sp³-hybridized carbons (Fsp3) is 0.676. The fourth-order valence-corrected chi connectivity index (χ4v) is 6.70. The number of anilines is 1. The molecule has 3 aliphatic rings. The fourth-order valence-electron chi connectivity index (χ4n) is 6.70. The third-order valence-electron chi connectivity index (χ3n) is 9.64. The number of nitrogens with zero attached hydrogens (tertiary/aromatic N) is 5. The van der Waals surface area contributed by atoms with E-state index in [4.69, 9.17) is 9.47 Å². The predicted molar refractivity (Wildman–Crippen MR) is 184 cm³/mol. The van der Waals surface area contributed by atoms with Crippen molar-refractivity contribution in [2.24, 2.45) is 5.92 Å². The highest BCUT2D eigenvalue weighted by Gasteiger charge is 2.29. The van der Waals surface area contributed by atoms with Gasteiger partial charge in [0.15, 0.2) is 0 Å². The molecule has 0 radical (unpaired) electrons. The lowest BCUT2D eigenvalue weighted by Crippen LogP contribution is -2.52. The van der Waals surface area contributed by atoms with Crippen LogP contribution in [0.25, 0.3) is 0 Å². The summed E-state index contributed by atoms with van der Waals surface area (Å²) in [5, 5.41) is 0. The number of carbonyl (C=O) groups is 2. The lowest BCUT2D eigenvalue weighted by Gasteiger charge is -2.39. The van der Waals surface area contributed by atoms with Crippen molar-refractivity contribution in [3.05, 3.63) is 53.9 Å². The van der Waals surface area contributed by atoms with E-state index in [1.54, 1.807) is 6.20 Å². The molecule has 1 aromatic rings. The standard InChI is InChI=1S/C37H57N5O4/c1-28(33-22-23-38-36(39-33)40(4)5)14-13-15-29(2)35-30(3)20-21-32(18-11-8-12-19-34(43)46-35)45-37(44)42-26-24-41(25-27-42)31-16-9-6-7-10-17-31/h13-15,20-23,28,30-32,35H,6-12,16-19,24-27H2,1-5H3/b14-13+,21-20+,29-15+/t28?,30-,32+,35+/m0/s1. The minimum Gasteiger partial charge on any atom is -0.457 e. The summed E-state index contributed by atoms with van der Waals surface area (Å²) in [5.74, 6) is 0.525. The molecule has 3 heterocycles. The van der Waals surface area contributed by atoms with Gasteiger partial charge < -0.3 is 19.3 Å². The summed E-state index contributed by atoms with van der Waals surface area (Å²) >= 11 is 0. The number of rotatable bonds is 7. The number of amides is 1. The van der Waals surface area contributed by atoms with Gasteiger partial charge in [-0.15, -0.1) is 0 Å². The molecule has 0 bridgehead atoms. The number of carbonyl (C=O) groups excluding carboxylic acids is 2. The Kier molecular flexibility index (Phi) is 14.1. The first-order chi connectivity index (χ1) is 22.2. The Bertz CT molecular complexity index is 1200. The zero-order chi connectivity index (χ0) is 32.9. The Morgan fingerprint density at radius 3 is 2.43 bits per heavy atom. The average Bonchev–Trinajstić information content (AvgIpc) is 3.35. The van der Waals surface area contributed by atoms with E-state index in [9.17, 15) is 9.59 Å². The SMILES string of the molecule is C/C(=C\C=C\C(C)c1ccnc(N(C)C)n1)[C@H]1OC(=O)CCCCC[C@@H](OC(=O)N2CCN(C3CCCCCC3)CC2)/C=C/[C@@H]1C. The zero-order valence-corrected chi connectivity index (χ0v) is 28.9. The quantitative estimate of drug-likeness (QED) is 0.136. The lowest BCUT2D eigenvalue weighted by atomic mass is 9.95. The topological polar surface area (TPSA) is 88.1 Å². The highest BCUT2D eigenvalue weighted by atomic mass is 16.6. The second-order valence-electron chi connectivity index (χ2n) is 13.6. The molecule has 1 aromatic heterocycles. The zero-order valence-electron chi connectivity index (χ0n) is 28.9. The molecule has 1 unspecified atom stereocenters. The van der Waals surface area contributed by atoms with E-state index in [1.807, 2.05) is 55.1 Å². The van der Waals surface area contributed by atoms with Crippen LogP contribution in [0.5, 0.6) is 0 Å². The molecule has 1 saturated heterocycles. The van der Waals surface area contributed by atoms with Gasteiger partial charge in [0.2, 0.25) is 5.95 Å². The number of allylic oxidation sites excluding steroid dienone is 3. The smallest absolute Gasteiger partial charge is 0.410 e. The van der Waals surface area contributed by atoms with Crippen molar-refractivity contribution in [1.29, 1.82) is 0 Å². The molecule has 1 amide bonds. The molecule has 2 fully saturated rings. The Balaban J connectivity index is 1.37. The first kappa shape index (κ1) is 35.7. The summed E-state index contributed by atoms with van der Waals surface area (Å²) in [6.45, 7) is 9.47. The number of hydrogen-bond donors (Lipinski definition) is 0. The molecule has 46 heavy (non-hydrogen) atoms. The van der Waals surface area contributed by atoms with E-state index < -0.39 is 6.10 Å². The minimum atomic E-state index is -0.407. The van der Waals surface area contributed by atoms with Gasteiger partial charge in [-0.3, -0.25) is 9.69 Å². The van der Waals surface area contributed by atoms with Crippen LogP contribution in [0.1, 0.15) is 103 Å². The summed E-state index contributed by atoms with van der Waals surface area (Å²) in [5.41, 5.74) is 1.90. The van der Waals surface area contributed by atoms with E-state index in [-0.39, 0.29) is 30.0 Å². The van der Waals surface area contributed by atoms with Crippen LogP contribution in [0.3, 0.4) is 0 Å². The van der Waals surface area contributed by atoms with Gasteiger partial charge in [-0.1, -0.05) is 70.3 Å². The molecule has 0 spiro atoms. The molecule has 1 aliphatic carbocycles. The van der Waals surface area contributed by atoms with Crippen LogP contribution in [0.2, 0.25) is 0 Å². The van der Waals surface area contributed by atoms with Gasteiger partial charge in [-0.25, -0.2) is 14.8 Å². The molecule has 0 aromatic carbocycles. The van der Waals surface area contributed by atoms with Gasteiger partial charge in [0.25, 0.3) is 0 Å². The molecular weight excluding hydrogens is 578 g/mol. The molecule has 1 saturated carbocycles. The number of ether oxygens (including phenoxy) is 2. The van der Waals surface area contributed by atoms with Gasteiger partial charge in [0, 0.05) is 70.8 Å². The number of aromatic nitrogens is 2. The van der Waals surface area contributed by atoms with Gasteiger partial charge in [0.05, 0.1) is 5.69 Å². The Labute approximate surface area is 277 Å². The largest absolute Gasteiger partial charge is 0.457 e. The lowest BCUT2D eigenvalue weighted by molar-refractivity contribution is -0.148. The van der Waals surface area contributed by atoms with Crippen LogP contribution >= 0.6 is 0 Å². The molecule has 254 valence electrons. The van der Waals surface area contributed by atoms with Gasteiger partial charge in [-0.2, -0.15) is 0 Å². The highest BCUT2D eigenvalue weighted by Crippen LogP contribution is 2.25. The van der Waals surface area contributed by atoms with Crippen molar-refractivity contribution in [2.75, 3.05) is 45.2 Å². The maximum Gasteiger partial charge on any atom is 0.410 e. The molecule has 0 N–H and O–H groups in total. The minimum absolute atomic E-state index is 0.0840. The van der Waals surface area contributed by atoms with Crippen molar-refractivity contribution in [2.45, 2.75) is 116 Å². The Hall–Kier alpha value is -3.20. The van der Waals surface area contributed by atoms with Gasteiger partial charge in [0.1, 0.15) is 12.2 Å². The Morgan fingerprint density at radius 2 is 1.72 bits per heavy atom. The number of esters is 1. The van der Waals surface area contributed by atoms with Crippen molar-refractivity contribution in [3.8, 4) is 0 Å². The highest BCUT2D eigenvalue weighted by molar-refractivity contribution is 5.70. The average molecular weight is 636 g/mol. The number of hydrogen-bond acceptors (Lipinski definition) is 8. The molecule has 2 aliphatic heterocycles. The van der Waals surface area contributed by atoms with Crippen LogP contribution in [-0.2, 0) is 14.3 Å². The summed E-state index contributed by atoms with van der Waals surface area (Å²) in [7, 11) is 3.86. The van der Waals surface area contributed by atoms with Crippen LogP contribution < -0.4 is 4.90 Å². The predicted octanol–water partition coefficient (Wildman–Crippen LogP) is 7.06. The third kappa shape index (κ3) is 11.0. The van der Waals surface area contributed by atoms with Crippen LogP contribution in [0, 0.1) is 5.92 Å². The first-order valence-corrected chi connectivity index (χ1v) is 17.6. The molecule has 4 atom stereocenters. The molecule has 9 nitrogen and oxygen atoms in total. The maximum atomic E-state index is 13.3. The van der Waals surface area contributed by atoms with E-state index >= 15 is 0 Å². The monoisotopic (exact) mass is 635 g/mol. The second-order valence-corrected chi connectivity index (χ2v) is 13.6. The summed E-state index contributed by atoms with van der Waals surface area (Å²) in [4.78, 5) is 41.3. The van der Waals surface area contributed by atoms with Crippen molar-refractivity contribution >= 4 is 18.0 Å². The van der Waals surface area contributed by atoms with Crippen molar-refractivity contribution in [1.82, 2.24) is 19.8 Å². The van der Waals surface area contributed by atoms with E-state index in [2.05, 4.69) is 40.9 Å². The van der Waals surface area contributed by atoms with Crippen LogP contribution in [0.15, 0.2) is 48.2 Å². The first-order valence-electron chi connectivity index (χ1n) is 17.6. The van der Waals surface area contributed by atoms with Crippen molar-refractivity contribution < 1.29 is 19.1 Å². The van der Waals surface area contributed by atoms with Crippen molar-refractivity contribution in [3.63, 3.8) is 0 Å². The molecule has 4 rings (SSSR count). The normalized spacial score (nSPS) is 26.4. The second kappa shape index (κ2) is 18.2. The van der Waals surface area contributed by atoms with Gasteiger partial charge in [-0.05, 0) is 56.7 Å². The molecule has 9 heteroatoms.